The van der Waals surface area contributed by atoms with Gasteiger partial charge in [0.25, 0.3) is 0 Å². The topological polar surface area (TPSA) is 81.6 Å². The standard InChI is InChI=1S/C7H16N2O3/c1-5(8-2)7(12)9-3-6(11)4-10/h5-6,8,10-11H,3-4H2,1-2H3,(H,9,12). The second-order valence-electron chi connectivity index (χ2n) is 2.59. The van der Waals surface area contributed by atoms with Gasteiger partial charge in [0.1, 0.15) is 0 Å². The highest BCUT2D eigenvalue weighted by Gasteiger charge is 2.10. The fourth-order valence-electron chi connectivity index (χ4n) is 0.567. The fraction of sp³-hybridized carbons (Fsp3) is 0.857. The van der Waals surface area contributed by atoms with Crippen molar-refractivity contribution in [3.8, 4) is 0 Å². The maximum absolute atomic E-state index is 11.0. The number of nitrogens with one attached hydrogen (secondary N) is 2. The summed E-state index contributed by atoms with van der Waals surface area (Å²) in [6.07, 6.45) is -0.877. The molecule has 0 aromatic heterocycles. The summed E-state index contributed by atoms with van der Waals surface area (Å²) in [5.74, 6) is -0.190. The van der Waals surface area contributed by atoms with Gasteiger partial charge in [-0.2, -0.15) is 0 Å². The Kier molecular flexibility index (Phi) is 5.61. The summed E-state index contributed by atoms with van der Waals surface area (Å²) in [5.41, 5.74) is 0. The van der Waals surface area contributed by atoms with Gasteiger partial charge in [-0.3, -0.25) is 4.79 Å². The van der Waals surface area contributed by atoms with Crippen LogP contribution in [0, 0.1) is 0 Å². The first-order valence-electron chi connectivity index (χ1n) is 3.85. The van der Waals surface area contributed by atoms with Gasteiger partial charge in [0.15, 0.2) is 0 Å². The molecule has 0 aromatic carbocycles. The van der Waals surface area contributed by atoms with E-state index >= 15 is 0 Å². The average molecular weight is 176 g/mol. The minimum absolute atomic E-state index is 0.0847. The molecule has 1 amide bonds. The number of hydrogen-bond donors (Lipinski definition) is 4. The number of likely N-dealkylation sites (N-methyl/N-ethyl adjacent to an activating group) is 1. The maximum atomic E-state index is 11.0. The highest BCUT2D eigenvalue weighted by Crippen LogP contribution is 1.81. The van der Waals surface area contributed by atoms with Crippen LogP contribution >= 0.6 is 0 Å². The van der Waals surface area contributed by atoms with E-state index in [1.807, 2.05) is 0 Å². The summed E-state index contributed by atoms with van der Waals surface area (Å²) in [5, 5.41) is 22.5. The zero-order chi connectivity index (χ0) is 9.56. The van der Waals surface area contributed by atoms with Crippen LogP contribution in [0.15, 0.2) is 0 Å². The molecular weight excluding hydrogens is 160 g/mol. The van der Waals surface area contributed by atoms with E-state index in [1.165, 1.54) is 0 Å². The maximum Gasteiger partial charge on any atom is 0.236 e. The second kappa shape index (κ2) is 5.93. The van der Waals surface area contributed by atoms with Crippen molar-refractivity contribution in [3.05, 3.63) is 0 Å². The van der Waals surface area contributed by atoms with Gasteiger partial charge in [0, 0.05) is 6.54 Å². The number of amides is 1. The van der Waals surface area contributed by atoms with E-state index < -0.39 is 6.10 Å². The van der Waals surface area contributed by atoms with Crippen LogP contribution in [0.4, 0.5) is 0 Å². The molecule has 0 fully saturated rings. The first-order valence-corrected chi connectivity index (χ1v) is 3.85. The van der Waals surface area contributed by atoms with Crippen LogP contribution in [0.25, 0.3) is 0 Å². The van der Waals surface area contributed by atoms with Gasteiger partial charge < -0.3 is 20.8 Å². The summed E-state index contributed by atoms with van der Waals surface area (Å²) in [4.78, 5) is 11.0. The molecule has 0 saturated heterocycles. The first kappa shape index (κ1) is 11.4. The van der Waals surface area contributed by atoms with Gasteiger partial charge in [-0.05, 0) is 14.0 Å². The molecule has 0 saturated carbocycles. The molecule has 0 aromatic rings. The zero-order valence-corrected chi connectivity index (χ0v) is 7.37. The Labute approximate surface area is 71.8 Å². The normalized spacial score (nSPS) is 15.3. The molecule has 0 heterocycles. The molecule has 5 nitrogen and oxygen atoms in total. The van der Waals surface area contributed by atoms with Gasteiger partial charge in [0.05, 0.1) is 18.8 Å². The molecule has 72 valence electrons. The SMILES string of the molecule is CNC(C)C(=O)NCC(O)CO. The summed E-state index contributed by atoms with van der Waals surface area (Å²) < 4.78 is 0. The van der Waals surface area contributed by atoms with E-state index in [4.69, 9.17) is 10.2 Å². The summed E-state index contributed by atoms with van der Waals surface area (Å²) in [6, 6.07) is -0.282. The van der Waals surface area contributed by atoms with Crippen molar-refractivity contribution in [2.75, 3.05) is 20.2 Å². The quantitative estimate of drug-likeness (QED) is 0.393. The summed E-state index contributed by atoms with van der Waals surface area (Å²) in [6.45, 7) is 1.45. The lowest BCUT2D eigenvalue weighted by Gasteiger charge is -2.12. The number of aliphatic hydroxyl groups excluding tert-OH is 2. The van der Waals surface area contributed by atoms with E-state index in [1.54, 1.807) is 14.0 Å². The average Bonchev–Trinajstić information content (AvgIpc) is 2.11. The van der Waals surface area contributed by atoms with E-state index in [0.717, 1.165) is 0 Å². The fourth-order valence-corrected chi connectivity index (χ4v) is 0.567. The van der Waals surface area contributed by atoms with Crippen molar-refractivity contribution in [1.29, 1.82) is 0 Å². The molecule has 0 radical (unpaired) electrons. The number of carbonyl (C=O) groups is 1. The lowest BCUT2D eigenvalue weighted by atomic mass is 10.3. The Morgan fingerprint density at radius 2 is 2.17 bits per heavy atom. The van der Waals surface area contributed by atoms with Crippen LogP contribution in [0.2, 0.25) is 0 Å². The molecule has 0 rings (SSSR count). The summed E-state index contributed by atoms with van der Waals surface area (Å²) >= 11 is 0. The molecule has 2 unspecified atom stereocenters. The molecule has 12 heavy (non-hydrogen) atoms. The molecule has 0 spiro atoms. The number of hydrogen-bond acceptors (Lipinski definition) is 4. The number of carbonyl (C=O) groups excluding carboxylic acids is 1. The van der Waals surface area contributed by atoms with Crippen LogP contribution in [-0.2, 0) is 4.79 Å². The van der Waals surface area contributed by atoms with E-state index in [-0.39, 0.29) is 25.1 Å². The van der Waals surface area contributed by atoms with Gasteiger partial charge in [0.2, 0.25) is 5.91 Å². The zero-order valence-electron chi connectivity index (χ0n) is 7.37. The third kappa shape index (κ3) is 4.27. The Hall–Kier alpha value is -0.650. The minimum atomic E-state index is -0.877. The highest BCUT2D eigenvalue weighted by molar-refractivity contribution is 5.81. The van der Waals surface area contributed by atoms with Crippen molar-refractivity contribution in [3.63, 3.8) is 0 Å². The number of aliphatic hydroxyl groups is 2. The van der Waals surface area contributed by atoms with Crippen LogP contribution in [0.3, 0.4) is 0 Å². The Bertz CT molecular complexity index is 141. The van der Waals surface area contributed by atoms with Crippen molar-refractivity contribution in [2.45, 2.75) is 19.1 Å². The predicted molar refractivity (Wildman–Crippen MR) is 44.6 cm³/mol. The lowest BCUT2D eigenvalue weighted by molar-refractivity contribution is -0.123. The molecule has 0 aliphatic carbocycles. The van der Waals surface area contributed by atoms with Gasteiger partial charge >= 0.3 is 0 Å². The molecule has 0 aliphatic heterocycles. The second-order valence-corrected chi connectivity index (χ2v) is 2.59. The van der Waals surface area contributed by atoms with Crippen molar-refractivity contribution in [1.82, 2.24) is 10.6 Å². The Morgan fingerprint density at radius 3 is 2.58 bits per heavy atom. The van der Waals surface area contributed by atoms with E-state index in [0.29, 0.717) is 0 Å². The monoisotopic (exact) mass is 176 g/mol. The predicted octanol–water partition coefficient (Wildman–Crippen LogP) is -1.94. The molecule has 0 aliphatic rings. The third-order valence-electron chi connectivity index (χ3n) is 1.55. The molecular formula is C7H16N2O3. The molecule has 2 atom stereocenters. The van der Waals surface area contributed by atoms with Crippen LogP contribution in [0.5, 0.6) is 0 Å². The van der Waals surface area contributed by atoms with Crippen LogP contribution < -0.4 is 10.6 Å². The van der Waals surface area contributed by atoms with Crippen molar-refractivity contribution < 1.29 is 15.0 Å². The largest absolute Gasteiger partial charge is 0.394 e. The van der Waals surface area contributed by atoms with Crippen LogP contribution in [-0.4, -0.2) is 48.5 Å². The van der Waals surface area contributed by atoms with Crippen molar-refractivity contribution in [2.24, 2.45) is 0 Å². The highest BCUT2D eigenvalue weighted by atomic mass is 16.3. The Morgan fingerprint density at radius 1 is 1.58 bits per heavy atom. The molecule has 4 N–H and O–H groups in total. The van der Waals surface area contributed by atoms with Crippen LogP contribution in [0.1, 0.15) is 6.92 Å². The first-order chi connectivity index (χ1) is 5.61. The van der Waals surface area contributed by atoms with E-state index in [9.17, 15) is 4.79 Å². The number of rotatable bonds is 5. The molecule has 0 bridgehead atoms. The molecule has 5 heteroatoms. The van der Waals surface area contributed by atoms with E-state index in [2.05, 4.69) is 10.6 Å². The summed E-state index contributed by atoms with van der Waals surface area (Å²) in [7, 11) is 1.67. The van der Waals surface area contributed by atoms with Gasteiger partial charge in [-0.1, -0.05) is 0 Å². The third-order valence-corrected chi connectivity index (χ3v) is 1.55. The lowest BCUT2D eigenvalue weighted by Crippen LogP contribution is -2.43. The van der Waals surface area contributed by atoms with Gasteiger partial charge in [-0.15, -0.1) is 0 Å². The minimum Gasteiger partial charge on any atom is -0.394 e. The van der Waals surface area contributed by atoms with Crippen molar-refractivity contribution >= 4 is 5.91 Å². The Balaban J connectivity index is 3.56. The van der Waals surface area contributed by atoms with Gasteiger partial charge in [-0.25, -0.2) is 0 Å². The smallest absolute Gasteiger partial charge is 0.236 e.